The first-order valence-electron chi connectivity index (χ1n) is 39.4. The van der Waals surface area contributed by atoms with E-state index in [-0.39, 0.29) is 60.1 Å². The first-order valence-corrected chi connectivity index (χ1v) is 40.2. The second kappa shape index (κ2) is 59.4. The van der Waals surface area contributed by atoms with Crippen molar-refractivity contribution in [3.05, 3.63) is 198 Å². The number of guanidine groups is 4. The van der Waals surface area contributed by atoms with Gasteiger partial charge in [-0.3, -0.25) is 24.4 Å². The highest BCUT2D eigenvalue weighted by atomic mass is 35.5. The van der Waals surface area contributed by atoms with Gasteiger partial charge in [0.15, 0.2) is 0 Å². The molecule has 0 fully saturated rings. The number of carbonyl (C=O) groups excluding carboxylic acids is 3. The quantitative estimate of drug-likeness (QED) is 0.00969. The van der Waals surface area contributed by atoms with Gasteiger partial charge in [-0.1, -0.05) is 166 Å². The van der Waals surface area contributed by atoms with Crippen LogP contribution in [0.3, 0.4) is 0 Å². The van der Waals surface area contributed by atoms with Gasteiger partial charge < -0.3 is 63.7 Å². The second-order valence-corrected chi connectivity index (χ2v) is 30.6. The largest absolute Gasteiger partial charge is 0.489 e. The first-order chi connectivity index (χ1) is 52.7. The number of hydrogen-bond acceptors (Lipinski definition) is 10. The van der Waals surface area contributed by atoms with E-state index in [1.807, 2.05) is 0 Å². The maximum Gasteiger partial charge on any atom is 0.249 e. The molecular formula is C90H139Cl2N11O8. The maximum atomic E-state index is 12.9. The number of nitrogens with two attached hydrogens (primary N) is 4. The molecule has 111 heavy (non-hydrogen) atoms. The number of ketones is 2. The lowest BCUT2D eigenvalue weighted by atomic mass is 9.87. The minimum Gasteiger partial charge on any atom is -0.489 e. The Morgan fingerprint density at radius 3 is 1.08 bits per heavy atom. The first kappa shape index (κ1) is 101. The van der Waals surface area contributed by atoms with Gasteiger partial charge in [0.05, 0.1) is 20.8 Å². The molecule has 0 aromatic heterocycles. The number of nitrogens with zero attached hydrogens (tertiary/aromatic N) is 4. The van der Waals surface area contributed by atoms with Crippen molar-refractivity contribution < 1.29 is 39.2 Å². The number of Topliss-reactive ketones (excluding diaryl/α,β-unsaturated/α-hetero) is 2. The summed E-state index contributed by atoms with van der Waals surface area (Å²) in [7, 11) is 2.78. The Kier molecular flexibility index (Phi) is 53.9. The number of unbranched alkanes of at least 4 members (excludes halogenated alkanes) is 3. The number of nitrogens with one attached hydrogen (secondary N) is 3. The monoisotopic (exact) mass is 1570 g/mol. The molecule has 3 rings (SSSR count). The molecule has 0 saturated heterocycles. The minimum atomic E-state index is -1.23. The number of aliphatic hydroxyl groups is 3. The molecule has 1 aliphatic rings. The van der Waals surface area contributed by atoms with Gasteiger partial charge in [0.1, 0.15) is 6.10 Å². The lowest BCUT2D eigenvalue weighted by Crippen LogP contribution is -2.45. The molecule has 0 heterocycles. The Morgan fingerprint density at radius 2 is 0.784 bits per heavy atom. The number of ether oxygens (including phenoxy) is 2. The van der Waals surface area contributed by atoms with Crippen LogP contribution in [0, 0.1) is 5.41 Å². The van der Waals surface area contributed by atoms with Crippen LogP contribution in [0.5, 0.6) is 0 Å². The van der Waals surface area contributed by atoms with Crippen molar-refractivity contribution >= 4 is 75.9 Å². The molecule has 2 aromatic rings. The van der Waals surface area contributed by atoms with Gasteiger partial charge in [0, 0.05) is 64.2 Å². The number of benzene rings is 2. The van der Waals surface area contributed by atoms with Crippen molar-refractivity contribution in [1.29, 1.82) is 0 Å². The fourth-order valence-electron chi connectivity index (χ4n) is 11.1. The van der Waals surface area contributed by atoms with E-state index < -0.39 is 17.4 Å². The molecule has 14 N–H and O–H groups in total. The summed E-state index contributed by atoms with van der Waals surface area (Å²) in [6.07, 6.45) is 47.2. The average Bonchev–Trinajstić information content (AvgIpc) is 0.789. The fourth-order valence-corrected chi connectivity index (χ4v) is 11.4. The zero-order valence-electron chi connectivity index (χ0n) is 70.2. The van der Waals surface area contributed by atoms with Gasteiger partial charge in [0.25, 0.3) is 0 Å². The summed E-state index contributed by atoms with van der Waals surface area (Å²) in [5.74, 6) is -0.524. The zero-order valence-corrected chi connectivity index (χ0v) is 71.7. The van der Waals surface area contributed by atoms with Crippen molar-refractivity contribution in [2.75, 3.05) is 57.7 Å². The molecule has 0 radical (unpaired) electrons. The standard InChI is InChI=1S/C59H90O4.C22H30Cl2N10.C9H19NO4/c1-44(2)24-15-25-45(3)26-16-27-46(4)28-17-29-47(5)30-18-31-48(6)32-19-33-49(7)34-20-35-50(8)36-21-37-51(9)38-22-39-52(10)40-23-41-53(11)42-43-55-54(12)56(60)58(62-13)59(63-14)57(55)61;23-15-5-9-17(10-6-15)31-21(27)33-19(25)29-13-3-1-2-4-14-30-20(26)34-22(28)32-18-11-7-16(24)8-12-18;1-9(2,6-12)7(13)8(14)10-4-3-5-11/h24,26,28,30,32,34,36,38,40,42H,15-23,25,27,29,31,33,35,37,39,41,43H2,1-14H3;5-12H,1-4,13-14H2,(H5,25,27,29,31,33)(H5,26,28,30,32,34);7,11-13H,3-6H2,1-2H3,(H,10,14)/b45-26+,46-28+,47-30+,48-32+,49-34+,50-36+,51-38+,52-40+,53-42+;;/t;;7-/m..0/s1. The molecule has 0 spiro atoms. The highest BCUT2D eigenvalue weighted by Crippen LogP contribution is 2.29. The Labute approximate surface area is 677 Å². The van der Waals surface area contributed by atoms with Crippen LogP contribution in [0.15, 0.2) is 208 Å². The van der Waals surface area contributed by atoms with E-state index >= 15 is 0 Å². The third kappa shape index (κ3) is 48.9. The summed E-state index contributed by atoms with van der Waals surface area (Å²) < 4.78 is 10.3. The van der Waals surface area contributed by atoms with E-state index in [4.69, 9.17) is 65.8 Å². The Hall–Kier alpha value is -8.33. The molecule has 0 bridgehead atoms. The molecule has 616 valence electrons. The van der Waals surface area contributed by atoms with E-state index in [9.17, 15) is 19.5 Å². The number of allylic oxidation sites excluding steroid dienone is 22. The molecule has 1 aliphatic carbocycles. The van der Waals surface area contributed by atoms with E-state index in [0.717, 1.165) is 133 Å². The van der Waals surface area contributed by atoms with Crippen molar-refractivity contribution in [3.63, 3.8) is 0 Å². The number of methoxy groups -OCH3 is 2. The fraction of sp³-hybridized carbons (Fsp3) is 0.522. The summed E-state index contributed by atoms with van der Waals surface area (Å²) >= 11 is 11.7. The predicted octanol–water partition coefficient (Wildman–Crippen LogP) is 20.1. The van der Waals surface area contributed by atoms with Gasteiger partial charge in [-0.15, -0.1) is 0 Å². The van der Waals surface area contributed by atoms with Gasteiger partial charge in [-0.2, -0.15) is 9.98 Å². The lowest BCUT2D eigenvalue weighted by Gasteiger charge is -2.27. The number of aliphatic imine (C=N–C) groups is 4. The van der Waals surface area contributed by atoms with Gasteiger partial charge in [-0.05, 0) is 273 Å². The van der Waals surface area contributed by atoms with E-state index in [1.165, 1.54) is 89.2 Å². The number of rotatable bonds is 46. The van der Waals surface area contributed by atoms with Crippen molar-refractivity contribution in [2.45, 2.75) is 257 Å². The number of aliphatic hydroxyl groups excluding tert-OH is 3. The highest BCUT2D eigenvalue weighted by Gasteiger charge is 2.34. The minimum absolute atomic E-state index is 0.000230. The summed E-state index contributed by atoms with van der Waals surface area (Å²) in [5.41, 5.74) is 39.4. The molecule has 19 nitrogen and oxygen atoms in total. The van der Waals surface area contributed by atoms with Crippen LogP contribution in [0.1, 0.15) is 251 Å². The zero-order chi connectivity index (χ0) is 83.1. The van der Waals surface area contributed by atoms with Crippen LogP contribution < -0.4 is 38.9 Å². The molecule has 0 saturated carbocycles. The van der Waals surface area contributed by atoms with E-state index in [2.05, 4.69) is 173 Å². The normalized spacial score (nSPS) is 14.8. The average molecular weight is 1570 g/mol. The molecule has 1 atom stereocenters. The van der Waals surface area contributed by atoms with Crippen molar-refractivity contribution in [1.82, 2.24) is 5.32 Å². The molecule has 1 amide bonds. The van der Waals surface area contributed by atoms with Crippen LogP contribution >= 0.6 is 23.2 Å². The van der Waals surface area contributed by atoms with Crippen LogP contribution in [-0.4, -0.2) is 110 Å². The van der Waals surface area contributed by atoms with Crippen LogP contribution in [0.25, 0.3) is 0 Å². The van der Waals surface area contributed by atoms with Gasteiger partial charge >= 0.3 is 0 Å². The number of halogens is 2. The molecule has 21 heteroatoms. The molecular weight excluding hydrogens is 1430 g/mol. The smallest absolute Gasteiger partial charge is 0.249 e. The van der Waals surface area contributed by atoms with E-state index in [0.29, 0.717) is 53.7 Å². The summed E-state index contributed by atoms with van der Waals surface area (Å²) in [5, 5.41) is 36.5. The molecule has 0 unspecified atom stereocenters. The van der Waals surface area contributed by atoms with Crippen LogP contribution in [0.4, 0.5) is 11.4 Å². The van der Waals surface area contributed by atoms with Crippen LogP contribution in [-0.2, 0) is 23.9 Å². The Morgan fingerprint density at radius 1 is 0.477 bits per heavy atom. The topological polar surface area (TPSA) is 320 Å². The lowest BCUT2D eigenvalue weighted by molar-refractivity contribution is -0.137. The van der Waals surface area contributed by atoms with Crippen molar-refractivity contribution in [3.8, 4) is 0 Å². The van der Waals surface area contributed by atoms with Gasteiger partial charge in [0.2, 0.25) is 52.8 Å². The number of carbonyl (C=O) groups is 3. The number of hydrogen-bond donors (Lipinski definition) is 10. The van der Waals surface area contributed by atoms with Crippen LogP contribution in [0.2, 0.25) is 10.0 Å². The molecule has 2 aromatic carbocycles. The maximum absolute atomic E-state index is 12.9. The van der Waals surface area contributed by atoms with Gasteiger partial charge in [-0.25, -0.2) is 0 Å². The van der Waals surface area contributed by atoms with E-state index in [1.54, 1.807) is 69.3 Å². The Bertz CT molecular complexity index is 3600. The van der Waals surface area contributed by atoms with Crippen molar-refractivity contribution in [2.24, 2.45) is 48.3 Å². The third-order valence-corrected chi connectivity index (χ3v) is 18.9. The SMILES string of the molecule is CC(C)(CO)[C@@H](O)C(=O)NCCCO.COC1=C(OC)C(=O)C(C/C=C(\C)CC/C=C(\C)CC/C=C(\C)CC/C=C(\C)CC/C=C(\C)CC/C=C(\C)CC/C=C(\C)CC/C=C(\C)CC/C=C(\C)CCC=C(C)C)=C(C)C1=O.NC(=NCCCCCCN=C(N)/N=C(\N)Nc1ccc(Cl)cc1)/N=C(\N)Nc1ccc(Cl)cc1. The second-order valence-electron chi connectivity index (χ2n) is 29.7. The Balaban J connectivity index is 0.00000106. The molecule has 0 aliphatic heterocycles. The highest BCUT2D eigenvalue weighted by molar-refractivity contribution is 6.31. The predicted molar refractivity (Wildman–Crippen MR) is 471 cm³/mol. The summed E-state index contributed by atoms with van der Waals surface area (Å²) in [6, 6.07) is 14.1. The number of anilines is 2. The summed E-state index contributed by atoms with van der Waals surface area (Å²) in [4.78, 5) is 53.3. The summed E-state index contributed by atoms with van der Waals surface area (Å²) in [6.45, 7) is 30.7. The number of amides is 1. The third-order valence-electron chi connectivity index (χ3n) is 18.4.